The van der Waals surface area contributed by atoms with Crippen LogP contribution in [0.5, 0.6) is 0 Å². The van der Waals surface area contributed by atoms with Gasteiger partial charge in [-0.1, -0.05) is 6.07 Å². The van der Waals surface area contributed by atoms with E-state index in [9.17, 15) is 22.0 Å². The quantitative estimate of drug-likeness (QED) is 0.701. The van der Waals surface area contributed by atoms with E-state index in [1.165, 1.54) is 6.07 Å². The maximum atomic E-state index is 13.1. The summed E-state index contributed by atoms with van der Waals surface area (Å²) in [4.78, 5) is 7.14. The second kappa shape index (κ2) is 7.39. The molecule has 130 valence electrons. The van der Waals surface area contributed by atoms with E-state index < -0.39 is 23.5 Å². The van der Waals surface area contributed by atoms with E-state index in [1.807, 2.05) is 0 Å². The number of benzene rings is 1. The average Bonchev–Trinajstić information content (AvgIpc) is 2.53. The Bertz CT molecular complexity index is 708. The number of aliphatic hydroxyl groups is 1. The van der Waals surface area contributed by atoms with Crippen LogP contribution >= 0.6 is 0 Å². The molecule has 1 aromatic carbocycles. The summed E-state index contributed by atoms with van der Waals surface area (Å²) in [5.41, 5.74) is -0.850. The molecule has 2 rings (SSSR count). The third-order valence-electron chi connectivity index (χ3n) is 2.87. The Hall–Kier alpha value is -2.49. The first-order valence-corrected chi connectivity index (χ1v) is 6.78. The maximum absolute atomic E-state index is 13.1. The molecule has 0 spiro atoms. The van der Waals surface area contributed by atoms with Crippen LogP contribution < -0.4 is 10.6 Å². The van der Waals surface area contributed by atoms with Gasteiger partial charge in [0.25, 0.3) is 0 Å². The van der Waals surface area contributed by atoms with Crippen molar-refractivity contribution in [3.05, 3.63) is 47.2 Å². The fraction of sp³-hybridized carbons (Fsp3) is 0.286. The Morgan fingerprint density at radius 3 is 2.38 bits per heavy atom. The summed E-state index contributed by atoms with van der Waals surface area (Å²) in [6, 6.07) is 3.84. The third-order valence-corrected chi connectivity index (χ3v) is 2.87. The summed E-state index contributed by atoms with van der Waals surface area (Å²) in [7, 11) is 0. The predicted octanol–water partition coefficient (Wildman–Crippen LogP) is 2.79. The van der Waals surface area contributed by atoms with Gasteiger partial charge in [-0.15, -0.1) is 0 Å². The highest BCUT2D eigenvalue weighted by atomic mass is 19.4. The van der Waals surface area contributed by atoms with Gasteiger partial charge in [-0.3, -0.25) is 0 Å². The molecule has 1 heterocycles. The van der Waals surface area contributed by atoms with Gasteiger partial charge in [-0.25, -0.2) is 13.8 Å². The monoisotopic (exact) mass is 348 g/mol. The molecule has 0 unspecified atom stereocenters. The molecule has 1 aromatic heterocycles. The van der Waals surface area contributed by atoms with E-state index in [0.717, 1.165) is 12.1 Å². The van der Waals surface area contributed by atoms with Crippen LogP contribution in [0.15, 0.2) is 24.3 Å². The predicted molar refractivity (Wildman–Crippen MR) is 76.3 cm³/mol. The van der Waals surface area contributed by atoms with Crippen molar-refractivity contribution >= 4 is 11.8 Å². The van der Waals surface area contributed by atoms with Gasteiger partial charge in [0.2, 0.25) is 5.95 Å². The van der Waals surface area contributed by atoms with Crippen LogP contribution in [0.2, 0.25) is 0 Å². The van der Waals surface area contributed by atoms with Crippen molar-refractivity contribution in [2.24, 2.45) is 0 Å². The van der Waals surface area contributed by atoms with Gasteiger partial charge in [0.1, 0.15) is 5.82 Å². The number of aromatic nitrogens is 2. The van der Waals surface area contributed by atoms with Crippen molar-refractivity contribution in [2.45, 2.75) is 12.7 Å². The zero-order chi connectivity index (χ0) is 17.7. The molecule has 24 heavy (non-hydrogen) atoms. The van der Waals surface area contributed by atoms with Crippen LogP contribution in [-0.2, 0) is 12.7 Å². The molecule has 0 fully saturated rings. The number of alkyl halides is 3. The SMILES string of the molecule is OCCNc1nc(NCc2ccc(F)c(F)c2)cc(C(F)(F)F)n1. The van der Waals surface area contributed by atoms with Crippen molar-refractivity contribution in [2.75, 3.05) is 23.8 Å². The summed E-state index contributed by atoms with van der Waals surface area (Å²) >= 11 is 0. The van der Waals surface area contributed by atoms with E-state index in [2.05, 4.69) is 20.6 Å². The second-order valence-electron chi connectivity index (χ2n) is 4.71. The fourth-order valence-electron chi connectivity index (χ4n) is 1.77. The van der Waals surface area contributed by atoms with Crippen molar-refractivity contribution < 1.29 is 27.1 Å². The first-order valence-electron chi connectivity index (χ1n) is 6.78. The molecule has 0 bridgehead atoms. The number of hydrogen-bond donors (Lipinski definition) is 3. The Kier molecular flexibility index (Phi) is 5.50. The van der Waals surface area contributed by atoms with Gasteiger partial charge in [0.05, 0.1) is 6.61 Å². The lowest BCUT2D eigenvalue weighted by Gasteiger charge is -2.12. The molecule has 10 heteroatoms. The van der Waals surface area contributed by atoms with Crippen LogP contribution in [0.1, 0.15) is 11.3 Å². The molecule has 3 N–H and O–H groups in total. The smallest absolute Gasteiger partial charge is 0.395 e. The molecule has 2 aromatic rings. The second-order valence-corrected chi connectivity index (χ2v) is 4.71. The maximum Gasteiger partial charge on any atom is 0.433 e. The topological polar surface area (TPSA) is 70.1 Å². The minimum absolute atomic E-state index is 0.0239. The van der Waals surface area contributed by atoms with E-state index in [1.54, 1.807) is 0 Å². The van der Waals surface area contributed by atoms with Gasteiger partial charge < -0.3 is 15.7 Å². The molecule has 0 saturated heterocycles. The number of nitrogens with one attached hydrogen (secondary N) is 2. The van der Waals surface area contributed by atoms with Crippen LogP contribution in [-0.4, -0.2) is 28.2 Å². The number of nitrogens with zero attached hydrogens (tertiary/aromatic N) is 2. The third kappa shape index (κ3) is 4.75. The highest BCUT2D eigenvalue weighted by Crippen LogP contribution is 2.29. The average molecular weight is 348 g/mol. The van der Waals surface area contributed by atoms with E-state index in [-0.39, 0.29) is 31.5 Å². The number of halogens is 5. The number of hydrogen-bond acceptors (Lipinski definition) is 5. The molecular weight excluding hydrogens is 335 g/mol. The zero-order valence-electron chi connectivity index (χ0n) is 12.2. The molecule has 0 amide bonds. The normalized spacial score (nSPS) is 11.4. The minimum Gasteiger partial charge on any atom is -0.395 e. The Morgan fingerprint density at radius 1 is 1.00 bits per heavy atom. The van der Waals surface area contributed by atoms with Crippen LogP contribution in [0, 0.1) is 11.6 Å². The standard InChI is InChI=1S/C14H13F5N4O/c15-9-2-1-8(5-10(9)16)7-21-12-6-11(14(17,18)19)22-13(23-12)20-3-4-24/h1-2,5-6,24H,3-4,7H2,(H2,20,21,22,23). The molecular formula is C14H13F5N4O. The van der Waals surface area contributed by atoms with Gasteiger partial charge in [0, 0.05) is 19.2 Å². The Labute approximate surface area is 133 Å². The van der Waals surface area contributed by atoms with E-state index >= 15 is 0 Å². The van der Waals surface area contributed by atoms with Gasteiger partial charge in [-0.2, -0.15) is 18.2 Å². The van der Waals surface area contributed by atoms with Crippen molar-refractivity contribution in [3.8, 4) is 0 Å². The first kappa shape index (κ1) is 17.9. The fourth-order valence-corrected chi connectivity index (χ4v) is 1.77. The summed E-state index contributed by atoms with van der Waals surface area (Å²) in [5, 5.41) is 13.7. The van der Waals surface area contributed by atoms with Gasteiger partial charge in [0.15, 0.2) is 17.3 Å². The van der Waals surface area contributed by atoms with Crippen molar-refractivity contribution in [1.29, 1.82) is 0 Å². The summed E-state index contributed by atoms with van der Waals surface area (Å²) in [6.45, 7) is -0.397. The highest BCUT2D eigenvalue weighted by Gasteiger charge is 2.33. The molecule has 0 aliphatic rings. The lowest BCUT2D eigenvalue weighted by molar-refractivity contribution is -0.141. The largest absolute Gasteiger partial charge is 0.433 e. The van der Waals surface area contributed by atoms with E-state index in [0.29, 0.717) is 11.6 Å². The molecule has 0 radical (unpaired) electrons. The lowest BCUT2D eigenvalue weighted by atomic mass is 10.2. The Balaban J connectivity index is 2.19. The van der Waals surface area contributed by atoms with Gasteiger partial charge >= 0.3 is 6.18 Å². The lowest BCUT2D eigenvalue weighted by Crippen LogP contribution is -2.15. The van der Waals surface area contributed by atoms with Crippen molar-refractivity contribution in [1.82, 2.24) is 9.97 Å². The number of anilines is 2. The van der Waals surface area contributed by atoms with E-state index in [4.69, 9.17) is 5.11 Å². The van der Waals surface area contributed by atoms with Crippen LogP contribution in [0.4, 0.5) is 33.7 Å². The minimum atomic E-state index is -4.68. The zero-order valence-corrected chi connectivity index (χ0v) is 12.2. The highest BCUT2D eigenvalue weighted by molar-refractivity contribution is 5.43. The summed E-state index contributed by atoms with van der Waals surface area (Å²) in [5.74, 6) is -2.54. The van der Waals surface area contributed by atoms with Crippen LogP contribution in [0.25, 0.3) is 0 Å². The molecule has 0 atom stereocenters. The van der Waals surface area contributed by atoms with Crippen LogP contribution in [0.3, 0.4) is 0 Å². The molecule has 0 aliphatic heterocycles. The molecule has 5 nitrogen and oxygen atoms in total. The molecule has 0 aliphatic carbocycles. The first-order chi connectivity index (χ1) is 11.3. The molecule has 0 saturated carbocycles. The Morgan fingerprint density at radius 2 is 1.75 bits per heavy atom. The number of aliphatic hydroxyl groups excluding tert-OH is 1. The number of rotatable bonds is 6. The van der Waals surface area contributed by atoms with Crippen molar-refractivity contribution in [3.63, 3.8) is 0 Å². The summed E-state index contributed by atoms with van der Waals surface area (Å²) in [6.07, 6.45) is -4.68. The summed E-state index contributed by atoms with van der Waals surface area (Å²) < 4.78 is 64.5. The van der Waals surface area contributed by atoms with Gasteiger partial charge in [-0.05, 0) is 17.7 Å².